The minimum Gasteiger partial charge on any atom is -0.456 e. The lowest BCUT2D eigenvalue weighted by atomic mass is 10.4. The van der Waals surface area contributed by atoms with Gasteiger partial charge in [-0.3, -0.25) is 9.59 Å². The van der Waals surface area contributed by atoms with Crippen LogP contribution in [0.15, 0.2) is 18.5 Å². The van der Waals surface area contributed by atoms with Gasteiger partial charge >= 0.3 is 12.1 Å². The summed E-state index contributed by atoms with van der Waals surface area (Å²) in [5, 5.41) is 4.32. The minimum absolute atomic E-state index is 0.0786. The van der Waals surface area contributed by atoms with Gasteiger partial charge in [-0.15, -0.1) is 0 Å². The lowest BCUT2D eigenvalue weighted by Gasteiger charge is -2.09. The Hall–Kier alpha value is -2.39. The fourth-order valence-corrected chi connectivity index (χ4v) is 1.13. The average molecular weight is 306 g/mol. The normalized spacial score (nSPS) is 10.8. The third kappa shape index (κ3) is 8.39. The van der Waals surface area contributed by atoms with Gasteiger partial charge in [-0.1, -0.05) is 0 Å². The van der Waals surface area contributed by atoms with E-state index in [1.165, 1.54) is 12.4 Å². The fraction of sp³-hybridized carbons (Fsp3) is 0.455. The summed E-state index contributed by atoms with van der Waals surface area (Å²) in [6, 6.07) is 1.62. The zero-order valence-corrected chi connectivity index (χ0v) is 10.8. The van der Waals surface area contributed by atoms with E-state index in [4.69, 9.17) is 0 Å². The number of amides is 1. The van der Waals surface area contributed by atoms with Crippen LogP contribution in [-0.2, 0) is 14.3 Å². The molecule has 116 valence electrons. The number of halogens is 3. The Bertz CT molecular complexity index is 468. The van der Waals surface area contributed by atoms with Gasteiger partial charge in [-0.25, -0.2) is 9.97 Å². The Morgan fingerprint density at radius 1 is 1.24 bits per heavy atom. The van der Waals surface area contributed by atoms with Gasteiger partial charge in [-0.2, -0.15) is 13.2 Å². The molecule has 0 fully saturated rings. The maximum absolute atomic E-state index is 11.8. The molecule has 0 saturated heterocycles. The van der Waals surface area contributed by atoms with Crippen molar-refractivity contribution in [1.82, 2.24) is 15.3 Å². The number of nitrogens with zero attached hydrogens (tertiary/aromatic N) is 2. The summed E-state index contributed by atoms with van der Waals surface area (Å²) in [5.74, 6) is -1.41. The summed E-state index contributed by atoms with van der Waals surface area (Å²) in [6.45, 7) is -2.04. The molecule has 21 heavy (non-hydrogen) atoms. The van der Waals surface area contributed by atoms with Crippen LogP contribution in [0.25, 0.3) is 0 Å². The lowest BCUT2D eigenvalue weighted by molar-refractivity contribution is -0.151. The number of aromatic nitrogens is 2. The third-order valence-corrected chi connectivity index (χ3v) is 2.03. The molecule has 0 bridgehead atoms. The van der Waals surface area contributed by atoms with Crippen LogP contribution in [0.4, 0.5) is 19.1 Å². The Morgan fingerprint density at radius 2 is 1.90 bits per heavy atom. The molecule has 7 nitrogen and oxygen atoms in total. The Kier molecular flexibility index (Phi) is 6.37. The van der Waals surface area contributed by atoms with Gasteiger partial charge in [0, 0.05) is 18.9 Å². The second-order valence-electron chi connectivity index (χ2n) is 3.80. The molecule has 0 atom stereocenters. The van der Waals surface area contributed by atoms with E-state index in [1.807, 2.05) is 0 Å². The predicted molar refractivity (Wildman–Crippen MR) is 65.2 cm³/mol. The lowest BCUT2D eigenvalue weighted by Crippen LogP contribution is -2.36. The van der Waals surface area contributed by atoms with Crippen LogP contribution in [0.3, 0.4) is 0 Å². The summed E-state index contributed by atoms with van der Waals surface area (Å²) in [5.41, 5.74) is 0. The molecule has 0 spiro atoms. The smallest absolute Gasteiger partial charge is 0.405 e. The molecular weight excluding hydrogens is 293 g/mol. The fourth-order valence-electron chi connectivity index (χ4n) is 1.13. The van der Waals surface area contributed by atoms with Gasteiger partial charge in [0.15, 0.2) is 6.61 Å². The molecule has 1 aromatic heterocycles. The molecule has 1 aromatic rings. The highest BCUT2D eigenvalue weighted by Crippen LogP contribution is 2.11. The van der Waals surface area contributed by atoms with E-state index in [2.05, 4.69) is 20.0 Å². The topological polar surface area (TPSA) is 93.2 Å². The van der Waals surface area contributed by atoms with Crippen molar-refractivity contribution in [2.75, 3.05) is 25.0 Å². The number of hydrogen-bond donors (Lipinski definition) is 2. The van der Waals surface area contributed by atoms with Crippen molar-refractivity contribution in [2.24, 2.45) is 0 Å². The summed E-state index contributed by atoms with van der Waals surface area (Å²) in [7, 11) is 0. The molecule has 0 unspecified atom stereocenters. The molecule has 1 heterocycles. The van der Waals surface area contributed by atoms with Gasteiger partial charge in [0.2, 0.25) is 5.95 Å². The van der Waals surface area contributed by atoms with E-state index in [-0.39, 0.29) is 13.0 Å². The quantitative estimate of drug-likeness (QED) is 0.713. The molecule has 1 amide bonds. The number of carbonyl (C=O) groups is 2. The molecule has 0 radical (unpaired) electrons. The Balaban J connectivity index is 2.12. The van der Waals surface area contributed by atoms with Crippen molar-refractivity contribution < 1.29 is 27.5 Å². The summed E-state index contributed by atoms with van der Waals surface area (Å²) in [6.07, 6.45) is -1.55. The van der Waals surface area contributed by atoms with E-state index in [1.54, 1.807) is 11.4 Å². The van der Waals surface area contributed by atoms with Crippen molar-refractivity contribution in [1.29, 1.82) is 0 Å². The molecule has 0 aliphatic heterocycles. The van der Waals surface area contributed by atoms with E-state index < -0.39 is 31.2 Å². The average Bonchev–Trinajstić information content (AvgIpc) is 2.43. The first-order valence-electron chi connectivity index (χ1n) is 5.87. The first-order chi connectivity index (χ1) is 9.87. The Morgan fingerprint density at radius 3 is 2.52 bits per heavy atom. The zero-order valence-electron chi connectivity index (χ0n) is 10.8. The number of alkyl halides is 3. The van der Waals surface area contributed by atoms with Crippen LogP contribution in [0.2, 0.25) is 0 Å². The van der Waals surface area contributed by atoms with Crippen molar-refractivity contribution >= 4 is 17.8 Å². The van der Waals surface area contributed by atoms with E-state index in [0.29, 0.717) is 5.95 Å². The van der Waals surface area contributed by atoms with Crippen LogP contribution < -0.4 is 10.6 Å². The summed E-state index contributed by atoms with van der Waals surface area (Å²) >= 11 is 0. The first kappa shape index (κ1) is 16.7. The zero-order chi connectivity index (χ0) is 15.7. The van der Waals surface area contributed by atoms with Crippen molar-refractivity contribution in [2.45, 2.75) is 12.6 Å². The third-order valence-electron chi connectivity index (χ3n) is 2.03. The number of rotatable bonds is 7. The Labute approximate surface area is 117 Å². The van der Waals surface area contributed by atoms with E-state index >= 15 is 0 Å². The van der Waals surface area contributed by atoms with Crippen LogP contribution in [0.1, 0.15) is 6.42 Å². The first-order valence-corrected chi connectivity index (χ1v) is 5.87. The van der Waals surface area contributed by atoms with Crippen LogP contribution in [0.5, 0.6) is 0 Å². The van der Waals surface area contributed by atoms with Gasteiger partial charge in [0.05, 0.1) is 6.42 Å². The standard InChI is InChI=1S/C11H13F3N4O3/c12-11(13,14)7-18-8(19)6-21-9(20)2-5-17-10-15-3-1-4-16-10/h1,3-4H,2,5-7H2,(H,18,19)(H,15,16,17). The molecule has 1 rings (SSSR count). The minimum atomic E-state index is -4.50. The molecule has 10 heteroatoms. The maximum atomic E-state index is 11.8. The second kappa shape index (κ2) is 8.02. The maximum Gasteiger partial charge on any atom is 0.405 e. The van der Waals surface area contributed by atoms with Crippen LogP contribution >= 0.6 is 0 Å². The highest BCUT2D eigenvalue weighted by atomic mass is 19.4. The number of ether oxygens (including phenoxy) is 1. The molecule has 0 aromatic carbocycles. The number of hydrogen-bond acceptors (Lipinski definition) is 6. The second-order valence-corrected chi connectivity index (χ2v) is 3.80. The van der Waals surface area contributed by atoms with Crippen molar-refractivity contribution in [3.05, 3.63) is 18.5 Å². The van der Waals surface area contributed by atoms with Gasteiger partial charge in [0.25, 0.3) is 5.91 Å². The van der Waals surface area contributed by atoms with Crippen LogP contribution in [0, 0.1) is 0 Å². The van der Waals surface area contributed by atoms with Gasteiger partial charge in [-0.05, 0) is 6.07 Å². The molecule has 0 saturated carbocycles. The summed E-state index contributed by atoms with van der Waals surface area (Å²) in [4.78, 5) is 29.9. The number of esters is 1. The SMILES string of the molecule is O=C(COC(=O)CCNc1ncccn1)NCC(F)(F)F. The molecule has 0 aliphatic carbocycles. The molecular formula is C11H13F3N4O3. The van der Waals surface area contributed by atoms with Crippen LogP contribution in [-0.4, -0.2) is 47.7 Å². The van der Waals surface area contributed by atoms with E-state index in [9.17, 15) is 22.8 Å². The number of anilines is 1. The monoisotopic (exact) mass is 306 g/mol. The largest absolute Gasteiger partial charge is 0.456 e. The molecule has 0 aliphatic rings. The highest BCUT2D eigenvalue weighted by Gasteiger charge is 2.27. The van der Waals surface area contributed by atoms with Crippen molar-refractivity contribution in [3.63, 3.8) is 0 Å². The van der Waals surface area contributed by atoms with Gasteiger partial charge < -0.3 is 15.4 Å². The highest BCUT2D eigenvalue weighted by molar-refractivity contribution is 5.80. The summed E-state index contributed by atoms with van der Waals surface area (Å²) < 4.78 is 39.9. The predicted octanol–water partition coefficient (Wildman–Crippen LogP) is 0.500. The molecule has 2 N–H and O–H groups in total. The number of carbonyl (C=O) groups excluding carboxylic acids is 2. The number of nitrogens with one attached hydrogen (secondary N) is 2. The van der Waals surface area contributed by atoms with E-state index in [0.717, 1.165) is 0 Å². The van der Waals surface area contributed by atoms with Gasteiger partial charge in [0.1, 0.15) is 6.54 Å². The van der Waals surface area contributed by atoms with Crippen molar-refractivity contribution in [3.8, 4) is 0 Å².